The summed E-state index contributed by atoms with van der Waals surface area (Å²) in [6.45, 7) is 7.06. The molecule has 1 fully saturated rings. The molecule has 0 amide bonds. The smallest absolute Gasteiger partial charge is 0.142 e. The lowest BCUT2D eigenvalue weighted by Crippen LogP contribution is -2.20. The van der Waals surface area contributed by atoms with E-state index in [1.807, 2.05) is 12.1 Å². The minimum absolute atomic E-state index is 0.649. The average molecular weight is 310 g/mol. The minimum Gasteiger partial charge on any atom is -0.491 e. The lowest BCUT2D eigenvalue weighted by atomic mass is 9.90. The predicted molar refractivity (Wildman–Crippen MR) is 90.1 cm³/mol. The Labute approximate surface area is 134 Å². The van der Waals surface area contributed by atoms with E-state index in [4.69, 9.17) is 16.3 Å². The third-order valence-electron chi connectivity index (χ3n) is 4.10. The molecule has 0 heterocycles. The van der Waals surface area contributed by atoms with Gasteiger partial charge in [-0.15, -0.1) is 0 Å². The van der Waals surface area contributed by atoms with E-state index in [-0.39, 0.29) is 0 Å². The zero-order chi connectivity index (χ0) is 15.1. The molecule has 0 atom stereocenters. The highest BCUT2D eigenvalue weighted by Crippen LogP contribution is 2.31. The minimum atomic E-state index is 0.649. The summed E-state index contributed by atoms with van der Waals surface area (Å²) in [5.41, 5.74) is 1.17. The van der Waals surface area contributed by atoms with Gasteiger partial charge in [-0.3, -0.25) is 0 Å². The second-order valence-electron chi connectivity index (χ2n) is 6.57. The summed E-state index contributed by atoms with van der Waals surface area (Å²) >= 11 is 6.34. The van der Waals surface area contributed by atoms with E-state index in [1.54, 1.807) is 0 Å². The van der Waals surface area contributed by atoms with E-state index in [1.165, 1.54) is 37.7 Å². The van der Waals surface area contributed by atoms with Crippen LogP contribution in [0.5, 0.6) is 5.75 Å². The first-order valence-corrected chi connectivity index (χ1v) is 8.65. The van der Waals surface area contributed by atoms with Gasteiger partial charge in [0.2, 0.25) is 0 Å². The monoisotopic (exact) mass is 309 g/mol. The Morgan fingerprint density at radius 3 is 2.71 bits per heavy atom. The molecule has 0 radical (unpaired) electrons. The van der Waals surface area contributed by atoms with Crippen molar-refractivity contribution in [2.45, 2.75) is 52.5 Å². The summed E-state index contributed by atoms with van der Waals surface area (Å²) < 4.78 is 6.09. The quantitative estimate of drug-likeness (QED) is 0.761. The SMILES string of the molecule is CC(C)CNCc1cccc(Cl)c1OCC1CCCCC1. The number of nitrogens with one attached hydrogen (secondary N) is 1. The number of halogens is 1. The Morgan fingerprint density at radius 2 is 2.00 bits per heavy atom. The van der Waals surface area contributed by atoms with Gasteiger partial charge in [0.05, 0.1) is 11.6 Å². The Bertz CT molecular complexity index is 427. The fraction of sp³-hybridized carbons (Fsp3) is 0.667. The molecule has 2 rings (SSSR count). The third kappa shape index (κ3) is 5.52. The van der Waals surface area contributed by atoms with Gasteiger partial charge in [0.15, 0.2) is 0 Å². The number of ether oxygens (including phenoxy) is 1. The topological polar surface area (TPSA) is 21.3 Å². The third-order valence-corrected chi connectivity index (χ3v) is 4.40. The molecule has 0 unspecified atom stereocenters. The maximum atomic E-state index is 6.34. The summed E-state index contributed by atoms with van der Waals surface area (Å²) in [5, 5.41) is 4.20. The summed E-state index contributed by atoms with van der Waals surface area (Å²) in [6.07, 6.45) is 6.67. The average Bonchev–Trinajstić information content (AvgIpc) is 2.47. The molecule has 2 nitrogen and oxygen atoms in total. The van der Waals surface area contributed by atoms with Gasteiger partial charge in [-0.2, -0.15) is 0 Å². The fourth-order valence-electron chi connectivity index (χ4n) is 2.90. The Kier molecular flexibility index (Phi) is 6.85. The molecular formula is C18H28ClNO. The molecule has 0 bridgehead atoms. The second kappa shape index (κ2) is 8.65. The van der Waals surface area contributed by atoms with Crippen LogP contribution in [0.1, 0.15) is 51.5 Å². The molecule has 0 saturated heterocycles. The largest absolute Gasteiger partial charge is 0.491 e. The first-order valence-electron chi connectivity index (χ1n) is 8.27. The second-order valence-corrected chi connectivity index (χ2v) is 6.98. The Balaban J connectivity index is 1.92. The number of hydrogen-bond donors (Lipinski definition) is 1. The van der Waals surface area contributed by atoms with Crippen LogP contribution < -0.4 is 10.1 Å². The molecule has 1 saturated carbocycles. The standard InChI is InChI=1S/C18H28ClNO/c1-14(2)11-20-12-16-9-6-10-17(19)18(16)21-13-15-7-4-3-5-8-15/h6,9-10,14-15,20H,3-5,7-8,11-13H2,1-2H3. The van der Waals surface area contributed by atoms with Gasteiger partial charge in [0.25, 0.3) is 0 Å². The zero-order valence-corrected chi connectivity index (χ0v) is 14.1. The molecule has 0 spiro atoms. The van der Waals surface area contributed by atoms with Gasteiger partial charge in [0, 0.05) is 12.1 Å². The van der Waals surface area contributed by atoms with Crippen molar-refractivity contribution in [3.63, 3.8) is 0 Å². The molecule has 118 valence electrons. The van der Waals surface area contributed by atoms with E-state index >= 15 is 0 Å². The van der Waals surface area contributed by atoms with Crippen molar-refractivity contribution in [3.05, 3.63) is 28.8 Å². The van der Waals surface area contributed by atoms with Crippen LogP contribution in [0.4, 0.5) is 0 Å². The molecule has 1 aliphatic rings. The van der Waals surface area contributed by atoms with Crippen molar-refractivity contribution < 1.29 is 4.74 Å². The van der Waals surface area contributed by atoms with Crippen LogP contribution >= 0.6 is 11.6 Å². The van der Waals surface area contributed by atoms with Gasteiger partial charge >= 0.3 is 0 Å². The van der Waals surface area contributed by atoms with Crippen molar-refractivity contribution in [2.75, 3.05) is 13.2 Å². The number of hydrogen-bond acceptors (Lipinski definition) is 2. The summed E-state index contributed by atoms with van der Waals surface area (Å²) in [6, 6.07) is 6.03. The summed E-state index contributed by atoms with van der Waals surface area (Å²) in [4.78, 5) is 0. The van der Waals surface area contributed by atoms with Crippen molar-refractivity contribution in [2.24, 2.45) is 11.8 Å². The first-order chi connectivity index (χ1) is 10.2. The van der Waals surface area contributed by atoms with Crippen LogP contribution in [0, 0.1) is 11.8 Å². The van der Waals surface area contributed by atoms with Crippen LogP contribution in [0.3, 0.4) is 0 Å². The predicted octanol–water partition coefficient (Wildman–Crippen LogP) is 5.04. The number of rotatable bonds is 7. The zero-order valence-electron chi connectivity index (χ0n) is 13.3. The van der Waals surface area contributed by atoms with Crippen molar-refractivity contribution in [1.29, 1.82) is 0 Å². The van der Waals surface area contributed by atoms with E-state index in [2.05, 4.69) is 25.2 Å². The summed E-state index contributed by atoms with van der Waals surface area (Å²) in [5.74, 6) is 2.23. The molecular weight excluding hydrogens is 282 g/mol. The van der Waals surface area contributed by atoms with Gasteiger partial charge in [0.1, 0.15) is 5.75 Å². The van der Waals surface area contributed by atoms with Crippen molar-refractivity contribution >= 4 is 11.6 Å². The number of benzene rings is 1. The van der Waals surface area contributed by atoms with Crippen molar-refractivity contribution in [1.82, 2.24) is 5.32 Å². The van der Waals surface area contributed by atoms with E-state index < -0.39 is 0 Å². The molecule has 1 aromatic carbocycles. The maximum Gasteiger partial charge on any atom is 0.142 e. The highest BCUT2D eigenvalue weighted by molar-refractivity contribution is 6.32. The van der Waals surface area contributed by atoms with Gasteiger partial charge < -0.3 is 10.1 Å². The van der Waals surface area contributed by atoms with E-state index in [9.17, 15) is 0 Å². The Morgan fingerprint density at radius 1 is 1.24 bits per heavy atom. The molecule has 1 aromatic rings. The van der Waals surface area contributed by atoms with Crippen LogP contribution in [-0.4, -0.2) is 13.2 Å². The molecule has 21 heavy (non-hydrogen) atoms. The van der Waals surface area contributed by atoms with Crippen LogP contribution in [-0.2, 0) is 6.54 Å². The Hall–Kier alpha value is -0.730. The van der Waals surface area contributed by atoms with Gasteiger partial charge in [-0.1, -0.05) is 56.8 Å². The highest BCUT2D eigenvalue weighted by atomic mass is 35.5. The lowest BCUT2D eigenvalue weighted by molar-refractivity contribution is 0.207. The number of para-hydroxylation sites is 1. The maximum absolute atomic E-state index is 6.34. The van der Waals surface area contributed by atoms with Gasteiger partial charge in [-0.05, 0) is 37.3 Å². The first kappa shape index (κ1) is 16.6. The normalized spacial score (nSPS) is 16.4. The highest BCUT2D eigenvalue weighted by Gasteiger charge is 2.16. The molecule has 1 N–H and O–H groups in total. The molecule has 0 aliphatic heterocycles. The summed E-state index contributed by atoms with van der Waals surface area (Å²) in [7, 11) is 0. The van der Waals surface area contributed by atoms with Crippen molar-refractivity contribution in [3.8, 4) is 5.75 Å². The molecule has 1 aliphatic carbocycles. The van der Waals surface area contributed by atoms with Crippen LogP contribution in [0.25, 0.3) is 0 Å². The fourth-order valence-corrected chi connectivity index (χ4v) is 3.15. The lowest BCUT2D eigenvalue weighted by Gasteiger charge is -2.23. The van der Waals surface area contributed by atoms with Gasteiger partial charge in [-0.25, -0.2) is 0 Å². The van der Waals surface area contributed by atoms with E-state index in [0.717, 1.165) is 30.5 Å². The van der Waals surface area contributed by atoms with Crippen LogP contribution in [0.15, 0.2) is 18.2 Å². The van der Waals surface area contributed by atoms with Crippen LogP contribution in [0.2, 0.25) is 5.02 Å². The molecule has 3 heteroatoms. The van der Waals surface area contributed by atoms with E-state index in [0.29, 0.717) is 11.8 Å². The molecule has 0 aromatic heterocycles.